The highest BCUT2D eigenvalue weighted by molar-refractivity contribution is 9.10. The first-order valence-corrected chi connectivity index (χ1v) is 5.81. The Morgan fingerprint density at radius 1 is 1.60 bits per heavy atom. The number of carbonyl (C=O) groups excluding carboxylic acids is 1. The molecule has 1 amide bonds. The molecule has 0 spiro atoms. The lowest BCUT2D eigenvalue weighted by Gasteiger charge is -2.25. The molecule has 0 atom stereocenters. The van der Waals surface area contributed by atoms with Crippen LogP contribution in [0.4, 0.5) is 0 Å². The number of nitrogens with one attached hydrogen (secondary N) is 1. The first kappa shape index (κ1) is 12.3. The van der Waals surface area contributed by atoms with Crippen LogP contribution in [0.25, 0.3) is 0 Å². The van der Waals surface area contributed by atoms with Gasteiger partial charge in [0.05, 0.1) is 11.8 Å². The Kier molecular flexibility index (Phi) is 3.97. The number of halogens is 1. The third kappa shape index (κ3) is 3.38. The van der Waals surface area contributed by atoms with Crippen molar-refractivity contribution in [3.63, 3.8) is 0 Å². The van der Waals surface area contributed by atoms with Gasteiger partial charge in [0.15, 0.2) is 4.67 Å². The van der Waals surface area contributed by atoms with E-state index >= 15 is 0 Å². The summed E-state index contributed by atoms with van der Waals surface area (Å²) >= 11 is 3.19. The minimum absolute atomic E-state index is 0.103. The van der Waals surface area contributed by atoms with Crippen molar-refractivity contribution >= 4 is 21.8 Å². The van der Waals surface area contributed by atoms with Crippen LogP contribution in [0, 0.1) is 0 Å². The van der Waals surface area contributed by atoms with Crippen LogP contribution < -0.4 is 5.32 Å². The summed E-state index contributed by atoms with van der Waals surface area (Å²) in [6.45, 7) is 6.13. The zero-order chi connectivity index (χ0) is 11.5. The average Bonchev–Trinajstić information content (AvgIpc) is 2.50. The lowest BCUT2D eigenvalue weighted by Crippen LogP contribution is -2.43. The second kappa shape index (κ2) is 4.84. The van der Waals surface area contributed by atoms with E-state index in [-0.39, 0.29) is 11.4 Å². The second-order valence-corrected chi connectivity index (χ2v) is 4.92. The molecule has 0 saturated heterocycles. The van der Waals surface area contributed by atoms with Gasteiger partial charge in [-0.2, -0.15) is 0 Å². The third-order valence-corrected chi connectivity index (χ3v) is 2.80. The molecule has 0 aromatic carbocycles. The van der Waals surface area contributed by atoms with Crippen molar-refractivity contribution in [2.45, 2.75) is 39.2 Å². The first-order valence-electron chi connectivity index (χ1n) is 5.02. The fraction of sp³-hybridized carbons (Fsp3) is 0.545. The predicted molar refractivity (Wildman–Crippen MR) is 62.9 cm³/mol. The van der Waals surface area contributed by atoms with Crippen LogP contribution >= 0.6 is 15.9 Å². The van der Waals surface area contributed by atoms with Crippen molar-refractivity contribution in [3.8, 4) is 0 Å². The number of hydrogen-bond donors (Lipinski definition) is 1. The van der Waals surface area contributed by atoms with Crippen LogP contribution in [0.2, 0.25) is 0 Å². The quantitative estimate of drug-likeness (QED) is 0.914. The molecule has 0 bridgehead atoms. The maximum absolute atomic E-state index is 11.8. The Morgan fingerprint density at radius 3 is 2.73 bits per heavy atom. The fourth-order valence-corrected chi connectivity index (χ4v) is 1.94. The standard InChI is InChI=1S/C11H16BrNO2/c1-4-6-11(2,3)13-10(14)8-5-7-15-9(8)12/h5,7H,4,6H2,1-3H3,(H,13,14). The van der Waals surface area contributed by atoms with E-state index < -0.39 is 0 Å². The molecule has 0 aliphatic rings. The molecule has 0 saturated carbocycles. The van der Waals surface area contributed by atoms with Gasteiger partial charge in [0, 0.05) is 5.54 Å². The topological polar surface area (TPSA) is 42.2 Å². The van der Waals surface area contributed by atoms with Gasteiger partial charge in [-0.1, -0.05) is 13.3 Å². The molecule has 3 nitrogen and oxygen atoms in total. The van der Waals surface area contributed by atoms with E-state index in [4.69, 9.17) is 4.42 Å². The zero-order valence-corrected chi connectivity index (χ0v) is 10.8. The SMILES string of the molecule is CCCC(C)(C)NC(=O)c1ccoc1Br. The summed E-state index contributed by atoms with van der Waals surface area (Å²) < 4.78 is 5.49. The van der Waals surface area contributed by atoms with Crippen molar-refractivity contribution in [3.05, 3.63) is 22.6 Å². The summed E-state index contributed by atoms with van der Waals surface area (Å²) in [6, 6.07) is 1.65. The summed E-state index contributed by atoms with van der Waals surface area (Å²) in [5.41, 5.74) is 0.363. The molecular formula is C11H16BrNO2. The van der Waals surface area contributed by atoms with Gasteiger partial charge in [-0.3, -0.25) is 4.79 Å². The van der Waals surface area contributed by atoms with E-state index in [1.165, 1.54) is 6.26 Å². The molecule has 1 heterocycles. The minimum Gasteiger partial charge on any atom is -0.457 e. The van der Waals surface area contributed by atoms with Crippen LogP contribution in [-0.4, -0.2) is 11.4 Å². The Labute approximate surface area is 98.4 Å². The van der Waals surface area contributed by atoms with Gasteiger partial charge in [0.1, 0.15) is 0 Å². The third-order valence-electron chi connectivity index (χ3n) is 2.19. The molecule has 0 aliphatic carbocycles. The van der Waals surface area contributed by atoms with Crippen molar-refractivity contribution < 1.29 is 9.21 Å². The monoisotopic (exact) mass is 273 g/mol. The van der Waals surface area contributed by atoms with E-state index in [0.29, 0.717) is 10.2 Å². The highest BCUT2D eigenvalue weighted by Gasteiger charge is 2.22. The lowest BCUT2D eigenvalue weighted by atomic mass is 9.98. The van der Waals surface area contributed by atoms with Crippen molar-refractivity contribution in [2.75, 3.05) is 0 Å². The van der Waals surface area contributed by atoms with E-state index in [0.717, 1.165) is 12.8 Å². The van der Waals surface area contributed by atoms with E-state index in [9.17, 15) is 4.79 Å². The average molecular weight is 274 g/mol. The maximum Gasteiger partial charge on any atom is 0.256 e. The van der Waals surface area contributed by atoms with E-state index in [2.05, 4.69) is 28.2 Å². The summed E-state index contributed by atoms with van der Waals surface area (Å²) in [5.74, 6) is -0.103. The molecule has 0 aliphatic heterocycles. The normalized spacial score (nSPS) is 11.5. The molecule has 0 radical (unpaired) electrons. The molecule has 0 fully saturated rings. The summed E-state index contributed by atoms with van der Waals surface area (Å²) in [7, 11) is 0. The van der Waals surface area contributed by atoms with Gasteiger partial charge in [-0.05, 0) is 42.3 Å². The van der Waals surface area contributed by atoms with Gasteiger partial charge in [0.25, 0.3) is 5.91 Å². The second-order valence-electron chi connectivity index (χ2n) is 4.20. The number of amides is 1. The Balaban J connectivity index is 2.68. The molecule has 84 valence electrons. The Morgan fingerprint density at radius 2 is 2.27 bits per heavy atom. The smallest absolute Gasteiger partial charge is 0.256 e. The summed E-state index contributed by atoms with van der Waals surface area (Å²) in [5, 5.41) is 2.97. The number of rotatable bonds is 4. The molecule has 1 aromatic heterocycles. The molecule has 1 rings (SSSR count). The maximum atomic E-state index is 11.8. The van der Waals surface area contributed by atoms with Gasteiger partial charge < -0.3 is 9.73 Å². The molecule has 4 heteroatoms. The molecule has 15 heavy (non-hydrogen) atoms. The van der Waals surface area contributed by atoms with Crippen LogP contribution in [0.5, 0.6) is 0 Å². The Bertz CT molecular complexity index is 344. The summed E-state index contributed by atoms with van der Waals surface area (Å²) in [4.78, 5) is 11.8. The summed E-state index contributed by atoms with van der Waals surface area (Å²) in [6.07, 6.45) is 3.49. The van der Waals surface area contributed by atoms with Crippen LogP contribution in [0.1, 0.15) is 44.0 Å². The highest BCUT2D eigenvalue weighted by Crippen LogP contribution is 2.19. The predicted octanol–water partition coefficient (Wildman–Crippen LogP) is 3.35. The van der Waals surface area contributed by atoms with Crippen molar-refractivity contribution in [2.24, 2.45) is 0 Å². The largest absolute Gasteiger partial charge is 0.457 e. The van der Waals surface area contributed by atoms with Gasteiger partial charge >= 0.3 is 0 Å². The van der Waals surface area contributed by atoms with Crippen molar-refractivity contribution in [1.82, 2.24) is 5.32 Å². The van der Waals surface area contributed by atoms with Gasteiger partial charge in [0.2, 0.25) is 0 Å². The van der Waals surface area contributed by atoms with Gasteiger partial charge in [-0.15, -0.1) is 0 Å². The number of furan rings is 1. The molecular weight excluding hydrogens is 258 g/mol. The molecule has 0 unspecified atom stereocenters. The highest BCUT2D eigenvalue weighted by atomic mass is 79.9. The zero-order valence-electron chi connectivity index (χ0n) is 9.26. The number of carbonyl (C=O) groups is 1. The first-order chi connectivity index (χ1) is 6.96. The van der Waals surface area contributed by atoms with E-state index in [1.54, 1.807) is 6.07 Å². The van der Waals surface area contributed by atoms with Crippen LogP contribution in [0.15, 0.2) is 21.4 Å². The van der Waals surface area contributed by atoms with Crippen LogP contribution in [0.3, 0.4) is 0 Å². The molecule has 1 N–H and O–H groups in total. The number of hydrogen-bond acceptors (Lipinski definition) is 2. The van der Waals surface area contributed by atoms with E-state index in [1.807, 2.05) is 13.8 Å². The Hall–Kier alpha value is -0.770. The lowest BCUT2D eigenvalue weighted by molar-refractivity contribution is 0.0907. The molecule has 1 aromatic rings. The fourth-order valence-electron chi connectivity index (χ4n) is 1.52. The van der Waals surface area contributed by atoms with Gasteiger partial charge in [-0.25, -0.2) is 0 Å². The minimum atomic E-state index is -0.178. The van der Waals surface area contributed by atoms with Crippen LogP contribution in [-0.2, 0) is 0 Å². The van der Waals surface area contributed by atoms with Crippen molar-refractivity contribution in [1.29, 1.82) is 0 Å².